The Hall–Kier alpha value is -2.44. The minimum atomic E-state index is -0.111. The number of methoxy groups -OCH3 is 3. The highest BCUT2D eigenvalue weighted by Gasteiger charge is 2.27. The number of hydrogen-bond acceptors (Lipinski definition) is 5. The summed E-state index contributed by atoms with van der Waals surface area (Å²) in [6.45, 7) is 3.26. The molecule has 0 spiro atoms. The molecule has 1 N–H and O–H groups in total. The van der Waals surface area contributed by atoms with Crippen molar-refractivity contribution in [2.75, 3.05) is 39.7 Å². The molecule has 26 heavy (non-hydrogen) atoms. The molecule has 144 valence electrons. The van der Waals surface area contributed by atoms with E-state index < -0.39 is 0 Å². The van der Waals surface area contributed by atoms with Gasteiger partial charge in [0.15, 0.2) is 11.5 Å². The van der Waals surface area contributed by atoms with Crippen LogP contribution in [0.1, 0.15) is 32.6 Å². The highest BCUT2D eigenvalue weighted by Crippen LogP contribution is 2.40. The van der Waals surface area contributed by atoms with Gasteiger partial charge >= 0.3 is 0 Å². The summed E-state index contributed by atoms with van der Waals surface area (Å²) < 4.78 is 15.9. The number of nitrogens with one attached hydrogen (secondary N) is 1. The van der Waals surface area contributed by atoms with E-state index in [0.717, 1.165) is 6.42 Å². The van der Waals surface area contributed by atoms with Gasteiger partial charge in [0.2, 0.25) is 17.6 Å². The lowest BCUT2D eigenvalue weighted by molar-refractivity contribution is -0.134. The minimum Gasteiger partial charge on any atom is -0.493 e. The maximum Gasteiger partial charge on any atom is 0.227 e. The molecule has 7 heteroatoms. The smallest absolute Gasteiger partial charge is 0.227 e. The van der Waals surface area contributed by atoms with Gasteiger partial charge in [-0.05, 0) is 19.3 Å². The SMILES string of the molecule is CCCC(=O)N1CCC(C(=O)Nc2cc(OC)c(OC)c(OC)c2)CC1. The largest absolute Gasteiger partial charge is 0.493 e. The van der Waals surface area contributed by atoms with E-state index in [0.29, 0.717) is 55.3 Å². The van der Waals surface area contributed by atoms with Crippen molar-refractivity contribution in [2.45, 2.75) is 32.6 Å². The van der Waals surface area contributed by atoms with Gasteiger partial charge in [0, 0.05) is 43.2 Å². The standard InChI is InChI=1S/C19H28N2O5/c1-5-6-17(22)21-9-7-13(8-10-21)19(23)20-14-11-15(24-2)18(26-4)16(12-14)25-3/h11-13H,5-10H2,1-4H3,(H,20,23). The Morgan fingerprint density at radius 3 is 2.12 bits per heavy atom. The Kier molecular flexibility index (Phi) is 7.12. The molecule has 2 amide bonds. The molecular weight excluding hydrogens is 336 g/mol. The number of benzene rings is 1. The lowest BCUT2D eigenvalue weighted by Gasteiger charge is -2.31. The topological polar surface area (TPSA) is 77.1 Å². The van der Waals surface area contributed by atoms with Crippen molar-refractivity contribution in [3.63, 3.8) is 0 Å². The van der Waals surface area contributed by atoms with Crippen LogP contribution in [0.15, 0.2) is 12.1 Å². The highest BCUT2D eigenvalue weighted by molar-refractivity contribution is 5.93. The first-order valence-corrected chi connectivity index (χ1v) is 8.92. The molecule has 7 nitrogen and oxygen atoms in total. The lowest BCUT2D eigenvalue weighted by Crippen LogP contribution is -2.41. The first kappa shape index (κ1) is 19.9. The summed E-state index contributed by atoms with van der Waals surface area (Å²) in [5.74, 6) is 1.47. The van der Waals surface area contributed by atoms with Crippen LogP contribution >= 0.6 is 0 Å². The third-order valence-corrected chi connectivity index (χ3v) is 4.61. The summed E-state index contributed by atoms with van der Waals surface area (Å²) in [7, 11) is 4.60. The van der Waals surface area contributed by atoms with Crippen LogP contribution in [0.2, 0.25) is 0 Å². The quantitative estimate of drug-likeness (QED) is 0.805. The number of amides is 2. The first-order valence-electron chi connectivity index (χ1n) is 8.92. The number of piperidine rings is 1. The minimum absolute atomic E-state index is 0.0538. The van der Waals surface area contributed by atoms with Gasteiger partial charge in [-0.25, -0.2) is 0 Å². The fraction of sp³-hybridized carbons (Fsp3) is 0.579. The van der Waals surface area contributed by atoms with Crippen LogP contribution in [0.4, 0.5) is 5.69 Å². The zero-order valence-corrected chi connectivity index (χ0v) is 16.0. The van der Waals surface area contributed by atoms with E-state index in [9.17, 15) is 9.59 Å². The van der Waals surface area contributed by atoms with Crippen molar-refractivity contribution in [2.24, 2.45) is 5.92 Å². The van der Waals surface area contributed by atoms with Crippen molar-refractivity contribution < 1.29 is 23.8 Å². The average molecular weight is 364 g/mol. The van der Waals surface area contributed by atoms with E-state index in [-0.39, 0.29) is 17.7 Å². The van der Waals surface area contributed by atoms with Crippen LogP contribution < -0.4 is 19.5 Å². The molecule has 1 heterocycles. The molecule has 1 aliphatic heterocycles. The van der Waals surface area contributed by atoms with Crippen molar-refractivity contribution in [1.29, 1.82) is 0 Å². The summed E-state index contributed by atoms with van der Waals surface area (Å²) in [6.07, 6.45) is 2.76. The monoisotopic (exact) mass is 364 g/mol. The number of carbonyl (C=O) groups excluding carboxylic acids is 2. The summed E-state index contributed by atoms with van der Waals surface area (Å²) in [5, 5.41) is 2.92. The van der Waals surface area contributed by atoms with E-state index in [1.807, 2.05) is 11.8 Å². The number of rotatable bonds is 7. The van der Waals surface area contributed by atoms with Crippen LogP contribution in [0, 0.1) is 5.92 Å². The number of anilines is 1. The summed E-state index contributed by atoms with van der Waals surface area (Å²) in [6, 6.07) is 3.41. The molecule has 1 saturated heterocycles. The molecule has 1 aromatic rings. The lowest BCUT2D eigenvalue weighted by atomic mass is 9.95. The third-order valence-electron chi connectivity index (χ3n) is 4.61. The van der Waals surface area contributed by atoms with Crippen molar-refractivity contribution in [3.05, 3.63) is 12.1 Å². The van der Waals surface area contributed by atoms with Crippen molar-refractivity contribution in [3.8, 4) is 17.2 Å². The second kappa shape index (κ2) is 9.31. The normalized spacial score (nSPS) is 14.7. The Morgan fingerprint density at radius 2 is 1.65 bits per heavy atom. The van der Waals surface area contributed by atoms with Gasteiger partial charge in [-0.15, -0.1) is 0 Å². The zero-order chi connectivity index (χ0) is 19.1. The maximum absolute atomic E-state index is 12.6. The molecule has 1 aliphatic rings. The average Bonchev–Trinajstić information content (AvgIpc) is 2.67. The van der Waals surface area contributed by atoms with E-state index in [1.54, 1.807) is 12.1 Å². The summed E-state index contributed by atoms with van der Waals surface area (Å²) in [4.78, 5) is 26.4. The Morgan fingerprint density at radius 1 is 1.08 bits per heavy atom. The van der Waals surface area contributed by atoms with Crippen LogP contribution in [0.25, 0.3) is 0 Å². The van der Waals surface area contributed by atoms with E-state index in [2.05, 4.69) is 5.32 Å². The van der Waals surface area contributed by atoms with Crippen LogP contribution in [-0.2, 0) is 9.59 Å². The zero-order valence-electron chi connectivity index (χ0n) is 16.0. The maximum atomic E-state index is 12.6. The predicted molar refractivity (Wildman–Crippen MR) is 98.9 cm³/mol. The van der Waals surface area contributed by atoms with Gasteiger partial charge in [0.1, 0.15) is 0 Å². The fourth-order valence-corrected chi connectivity index (χ4v) is 3.16. The van der Waals surface area contributed by atoms with E-state index >= 15 is 0 Å². The Balaban J connectivity index is 2.01. The van der Waals surface area contributed by atoms with E-state index in [4.69, 9.17) is 14.2 Å². The van der Waals surface area contributed by atoms with Crippen LogP contribution in [0.3, 0.4) is 0 Å². The molecule has 0 aromatic heterocycles. The summed E-state index contributed by atoms with van der Waals surface area (Å²) >= 11 is 0. The van der Waals surface area contributed by atoms with E-state index in [1.165, 1.54) is 21.3 Å². The Bertz CT molecular complexity index is 614. The molecule has 0 unspecified atom stereocenters. The molecule has 0 atom stereocenters. The molecule has 0 radical (unpaired) electrons. The number of ether oxygens (including phenoxy) is 3. The molecular formula is C19H28N2O5. The number of carbonyl (C=O) groups is 2. The Labute approximate surface area is 154 Å². The highest BCUT2D eigenvalue weighted by atomic mass is 16.5. The van der Waals surface area contributed by atoms with Gasteiger partial charge in [0.05, 0.1) is 21.3 Å². The molecule has 0 bridgehead atoms. The molecule has 0 aliphatic carbocycles. The first-order chi connectivity index (χ1) is 12.5. The number of likely N-dealkylation sites (tertiary alicyclic amines) is 1. The van der Waals surface area contributed by atoms with Gasteiger partial charge < -0.3 is 24.4 Å². The van der Waals surface area contributed by atoms with Gasteiger partial charge in [-0.3, -0.25) is 9.59 Å². The molecule has 1 aromatic carbocycles. The number of hydrogen-bond donors (Lipinski definition) is 1. The van der Waals surface area contributed by atoms with Gasteiger partial charge in [-0.1, -0.05) is 6.92 Å². The molecule has 2 rings (SSSR count). The van der Waals surface area contributed by atoms with Crippen LogP contribution in [0.5, 0.6) is 17.2 Å². The second-order valence-corrected chi connectivity index (χ2v) is 6.31. The fourth-order valence-electron chi connectivity index (χ4n) is 3.16. The second-order valence-electron chi connectivity index (χ2n) is 6.31. The molecule has 0 saturated carbocycles. The van der Waals surface area contributed by atoms with Crippen molar-refractivity contribution >= 4 is 17.5 Å². The van der Waals surface area contributed by atoms with Crippen molar-refractivity contribution in [1.82, 2.24) is 4.90 Å². The number of nitrogens with zero attached hydrogens (tertiary/aromatic N) is 1. The predicted octanol–water partition coefficient (Wildman–Crippen LogP) is 2.69. The summed E-state index contributed by atoms with van der Waals surface area (Å²) in [5.41, 5.74) is 0.592. The van der Waals surface area contributed by atoms with Crippen LogP contribution in [-0.4, -0.2) is 51.1 Å². The van der Waals surface area contributed by atoms with Gasteiger partial charge in [0.25, 0.3) is 0 Å². The molecule has 1 fully saturated rings. The van der Waals surface area contributed by atoms with Gasteiger partial charge in [-0.2, -0.15) is 0 Å². The third kappa shape index (κ3) is 4.59.